The van der Waals surface area contributed by atoms with Gasteiger partial charge in [-0.2, -0.15) is 15.0 Å². The van der Waals surface area contributed by atoms with Crippen molar-refractivity contribution in [3.8, 4) is 0 Å². The van der Waals surface area contributed by atoms with Crippen LogP contribution in [-0.4, -0.2) is 40.1 Å². The third kappa shape index (κ3) is 3.57. The fraction of sp³-hybridized carbons (Fsp3) is 0.538. The minimum absolute atomic E-state index is 0.595. The van der Waals surface area contributed by atoms with Crippen molar-refractivity contribution in [1.29, 1.82) is 0 Å². The molecule has 1 aliphatic rings. The molecule has 2 aromatic heterocycles. The molecular weight excluding hydrogens is 286 g/mol. The van der Waals surface area contributed by atoms with Crippen LogP contribution in [0.15, 0.2) is 11.7 Å². The van der Waals surface area contributed by atoms with E-state index in [9.17, 15) is 0 Å². The molecule has 8 heteroatoms. The molecule has 0 atom stereocenters. The van der Waals surface area contributed by atoms with Crippen LogP contribution < -0.4 is 15.5 Å². The maximum Gasteiger partial charge on any atom is 0.231 e. The first-order chi connectivity index (χ1) is 10.3. The Balaban J connectivity index is 1.75. The van der Waals surface area contributed by atoms with Gasteiger partial charge < -0.3 is 15.5 Å². The van der Waals surface area contributed by atoms with Crippen molar-refractivity contribution in [2.75, 3.05) is 35.7 Å². The van der Waals surface area contributed by atoms with E-state index in [1.165, 1.54) is 19.3 Å². The van der Waals surface area contributed by atoms with Crippen LogP contribution in [0.4, 0.5) is 17.8 Å². The van der Waals surface area contributed by atoms with Crippen molar-refractivity contribution in [2.24, 2.45) is 0 Å². The number of thiazole rings is 1. The van der Waals surface area contributed by atoms with Crippen molar-refractivity contribution in [3.63, 3.8) is 0 Å². The van der Waals surface area contributed by atoms with E-state index in [2.05, 4.69) is 35.5 Å². The van der Waals surface area contributed by atoms with Crippen LogP contribution in [0, 0.1) is 0 Å². The third-order valence-electron chi connectivity index (χ3n) is 3.39. The summed E-state index contributed by atoms with van der Waals surface area (Å²) in [6.07, 6.45) is 5.54. The topological polar surface area (TPSA) is 78.9 Å². The Morgan fingerprint density at radius 1 is 1.14 bits per heavy atom. The highest BCUT2D eigenvalue weighted by Crippen LogP contribution is 2.18. The number of rotatable bonds is 5. The molecule has 21 heavy (non-hydrogen) atoms. The summed E-state index contributed by atoms with van der Waals surface area (Å²) in [6.45, 7) is 2.71. The van der Waals surface area contributed by atoms with Gasteiger partial charge >= 0.3 is 0 Å². The van der Waals surface area contributed by atoms with Gasteiger partial charge in [0.15, 0.2) is 0 Å². The first-order valence-corrected chi connectivity index (χ1v) is 8.03. The van der Waals surface area contributed by atoms with Crippen LogP contribution in [0.25, 0.3) is 0 Å². The molecule has 0 unspecified atom stereocenters. The third-order valence-corrected chi connectivity index (χ3v) is 4.17. The lowest BCUT2D eigenvalue weighted by atomic mass is 10.1. The van der Waals surface area contributed by atoms with E-state index >= 15 is 0 Å². The van der Waals surface area contributed by atoms with Crippen molar-refractivity contribution in [1.82, 2.24) is 19.9 Å². The Morgan fingerprint density at radius 3 is 2.67 bits per heavy atom. The summed E-state index contributed by atoms with van der Waals surface area (Å²) in [5, 5.41) is 6.24. The summed E-state index contributed by atoms with van der Waals surface area (Å²) in [5.74, 6) is 1.95. The van der Waals surface area contributed by atoms with Gasteiger partial charge in [-0.05, 0) is 19.3 Å². The SMILES string of the molecule is CNc1nc(NCc2cncs2)nc(N2CCCCC2)n1. The summed E-state index contributed by atoms with van der Waals surface area (Å²) >= 11 is 1.61. The molecule has 3 heterocycles. The van der Waals surface area contributed by atoms with E-state index in [1.54, 1.807) is 11.3 Å². The molecule has 0 aromatic carbocycles. The van der Waals surface area contributed by atoms with E-state index in [0.717, 1.165) is 23.9 Å². The fourth-order valence-corrected chi connectivity index (χ4v) is 2.82. The zero-order valence-electron chi connectivity index (χ0n) is 12.0. The first-order valence-electron chi connectivity index (χ1n) is 7.15. The minimum atomic E-state index is 0.595. The van der Waals surface area contributed by atoms with Crippen molar-refractivity contribution >= 4 is 29.2 Å². The molecule has 0 bridgehead atoms. The van der Waals surface area contributed by atoms with Crippen LogP contribution >= 0.6 is 11.3 Å². The summed E-state index contributed by atoms with van der Waals surface area (Å²) in [6, 6.07) is 0. The minimum Gasteiger partial charge on any atom is -0.357 e. The Morgan fingerprint density at radius 2 is 1.95 bits per heavy atom. The van der Waals surface area contributed by atoms with E-state index in [1.807, 2.05) is 18.8 Å². The normalized spacial score (nSPS) is 15.0. The Hall–Kier alpha value is -1.96. The molecule has 0 saturated carbocycles. The number of aromatic nitrogens is 4. The quantitative estimate of drug-likeness (QED) is 0.874. The number of hydrogen-bond acceptors (Lipinski definition) is 8. The van der Waals surface area contributed by atoms with E-state index in [4.69, 9.17) is 0 Å². The number of anilines is 3. The molecular formula is C13H19N7S. The lowest BCUT2D eigenvalue weighted by molar-refractivity contribution is 0.568. The van der Waals surface area contributed by atoms with Crippen LogP contribution in [0.1, 0.15) is 24.1 Å². The average Bonchev–Trinajstić information content (AvgIpc) is 3.07. The van der Waals surface area contributed by atoms with Gasteiger partial charge in [0.1, 0.15) is 0 Å². The molecule has 0 radical (unpaired) electrons. The zero-order chi connectivity index (χ0) is 14.5. The Labute approximate surface area is 127 Å². The number of nitrogens with one attached hydrogen (secondary N) is 2. The summed E-state index contributed by atoms with van der Waals surface area (Å²) in [7, 11) is 1.82. The summed E-state index contributed by atoms with van der Waals surface area (Å²) in [5.41, 5.74) is 1.82. The van der Waals surface area contributed by atoms with E-state index in [0.29, 0.717) is 18.4 Å². The molecule has 1 fully saturated rings. The molecule has 0 amide bonds. The molecule has 112 valence electrons. The fourth-order valence-electron chi connectivity index (χ4n) is 2.29. The van der Waals surface area contributed by atoms with Crippen molar-refractivity contribution in [3.05, 3.63) is 16.6 Å². The Kier molecular flexibility index (Phi) is 4.44. The predicted octanol–water partition coefficient (Wildman–Crippen LogP) is 1.97. The van der Waals surface area contributed by atoms with Crippen LogP contribution in [0.5, 0.6) is 0 Å². The van der Waals surface area contributed by atoms with Crippen molar-refractivity contribution < 1.29 is 0 Å². The lowest BCUT2D eigenvalue weighted by Crippen LogP contribution is -2.31. The average molecular weight is 305 g/mol. The highest BCUT2D eigenvalue weighted by atomic mass is 32.1. The van der Waals surface area contributed by atoms with Gasteiger partial charge in [0.05, 0.1) is 12.1 Å². The molecule has 2 aromatic rings. The monoisotopic (exact) mass is 305 g/mol. The maximum atomic E-state index is 4.54. The lowest BCUT2D eigenvalue weighted by Gasteiger charge is -2.26. The van der Waals surface area contributed by atoms with Crippen LogP contribution in [0.3, 0.4) is 0 Å². The highest BCUT2D eigenvalue weighted by Gasteiger charge is 2.15. The van der Waals surface area contributed by atoms with Crippen LogP contribution in [0.2, 0.25) is 0 Å². The molecule has 1 saturated heterocycles. The second-order valence-corrected chi connectivity index (χ2v) is 5.87. The van der Waals surface area contributed by atoms with Gasteiger partial charge in [-0.1, -0.05) is 0 Å². The van der Waals surface area contributed by atoms with Crippen molar-refractivity contribution in [2.45, 2.75) is 25.8 Å². The van der Waals surface area contributed by atoms with Gasteiger partial charge in [-0.3, -0.25) is 4.98 Å². The molecule has 7 nitrogen and oxygen atoms in total. The molecule has 3 rings (SSSR count). The second kappa shape index (κ2) is 6.66. The number of piperidine rings is 1. The van der Waals surface area contributed by atoms with Gasteiger partial charge in [-0.25, -0.2) is 0 Å². The molecule has 0 spiro atoms. The van der Waals surface area contributed by atoms with E-state index in [-0.39, 0.29) is 0 Å². The summed E-state index contributed by atoms with van der Waals surface area (Å²) in [4.78, 5) is 20.8. The standard InChI is InChI=1S/C13H19N7S/c1-14-11-17-12(16-8-10-7-15-9-21-10)19-13(18-11)20-5-3-2-4-6-20/h7,9H,2-6,8H2,1H3,(H2,14,16,17,18,19). The molecule has 1 aliphatic heterocycles. The molecule has 0 aliphatic carbocycles. The van der Waals surface area contributed by atoms with Gasteiger partial charge in [0, 0.05) is 31.2 Å². The zero-order valence-corrected chi connectivity index (χ0v) is 12.9. The second-order valence-electron chi connectivity index (χ2n) is 4.90. The van der Waals surface area contributed by atoms with Gasteiger partial charge in [0.2, 0.25) is 17.8 Å². The molecule has 2 N–H and O–H groups in total. The van der Waals surface area contributed by atoms with E-state index < -0.39 is 0 Å². The summed E-state index contributed by atoms with van der Waals surface area (Å²) < 4.78 is 0. The van der Waals surface area contributed by atoms with Gasteiger partial charge in [0.25, 0.3) is 0 Å². The largest absolute Gasteiger partial charge is 0.357 e. The predicted molar refractivity (Wildman–Crippen MR) is 84.9 cm³/mol. The first kappa shape index (κ1) is 14.0. The number of hydrogen-bond donors (Lipinski definition) is 2. The van der Waals surface area contributed by atoms with Gasteiger partial charge in [-0.15, -0.1) is 11.3 Å². The Bertz CT molecular complexity index is 566. The maximum absolute atomic E-state index is 4.54. The smallest absolute Gasteiger partial charge is 0.231 e. The number of nitrogens with zero attached hydrogens (tertiary/aromatic N) is 5. The highest BCUT2D eigenvalue weighted by molar-refractivity contribution is 7.09. The van der Waals surface area contributed by atoms with Crippen LogP contribution in [-0.2, 0) is 6.54 Å².